The first-order chi connectivity index (χ1) is 13.9. The third-order valence-electron chi connectivity index (χ3n) is 3.88. The van der Waals surface area contributed by atoms with E-state index < -0.39 is 24.6 Å². The first-order valence-corrected chi connectivity index (χ1v) is 9.14. The number of esters is 1. The Balaban J connectivity index is 1.57. The number of rotatable bonds is 7. The number of carbonyl (C=O) groups excluding carboxylic acids is 2. The third kappa shape index (κ3) is 5.55. The van der Waals surface area contributed by atoms with Gasteiger partial charge in [0.2, 0.25) is 0 Å². The van der Waals surface area contributed by atoms with E-state index in [4.69, 9.17) is 21.1 Å². The number of anilines is 1. The summed E-state index contributed by atoms with van der Waals surface area (Å²) in [5.41, 5.74) is 1.99. The van der Waals surface area contributed by atoms with Gasteiger partial charge in [-0.15, -0.1) is 0 Å². The molecule has 0 fully saturated rings. The number of ether oxygens (including phenoxy) is 2. The summed E-state index contributed by atoms with van der Waals surface area (Å²) in [5.74, 6) is -0.621. The molecule has 9 heteroatoms. The van der Waals surface area contributed by atoms with Crippen LogP contribution in [0.2, 0.25) is 5.02 Å². The zero-order chi connectivity index (χ0) is 20.8. The molecule has 0 aliphatic carbocycles. The number of aryl methyl sites for hydroxylation is 1. The molecule has 0 saturated carbocycles. The van der Waals surface area contributed by atoms with Crippen LogP contribution in [-0.2, 0) is 14.3 Å². The molecule has 1 amide bonds. The smallest absolute Gasteiger partial charge is 0.347 e. The monoisotopic (exact) mass is 414 g/mol. The average molecular weight is 415 g/mol. The van der Waals surface area contributed by atoms with Crippen molar-refractivity contribution in [3.05, 3.63) is 65.7 Å². The lowest BCUT2D eigenvalue weighted by Gasteiger charge is -2.15. The van der Waals surface area contributed by atoms with Crippen LogP contribution in [0.5, 0.6) is 5.75 Å². The predicted molar refractivity (Wildman–Crippen MR) is 107 cm³/mol. The number of nitrogens with one attached hydrogen (secondary N) is 1. The Hall–Kier alpha value is -3.39. The summed E-state index contributed by atoms with van der Waals surface area (Å²) in [5, 5.41) is 7.13. The molecule has 150 valence electrons. The van der Waals surface area contributed by atoms with Gasteiger partial charge in [0.05, 0.1) is 11.4 Å². The van der Waals surface area contributed by atoms with Gasteiger partial charge in [0, 0.05) is 5.02 Å². The predicted octanol–water partition coefficient (Wildman–Crippen LogP) is 3.18. The van der Waals surface area contributed by atoms with E-state index in [2.05, 4.69) is 15.4 Å². The van der Waals surface area contributed by atoms with Crippen LogP contribution in [-0.4, -0.2) is 39.4 Å². The minimum atomic E-state index is -0.860. The lowest BCUT2D eigenvalue weighted by molar-refractivity contribution is -0.153. The Labute approximate surface area is 172 Å². The van der Waals surface area contributed by atoms with E-state index in [1.807, 2.05) is 19.1 Å². The second kappa shape index (κ2) is 9.20. The number of carbonyl (C=O) groups is 2. The highest BCUT2D eigenvalue weighted by Crippen LogP contribution is 2.24. The van der Waals surface area contributed by atoms with Crippen molar-refractivity contribution < 1.29 is 19.1 Å². The van der Waals surface area contributed by atoms with Gasteiger partial charge in [-0.2, -0.15) is 5.10 Å². The maximum atomic E-state index is 12.3. The van der Waals surface area contributed by atoms with Gasteiger partial charge in [-0.1, -0.05) is 23.7 Å². The highest BCUT2D eigenvalue weighted by atomic mass is 35.5. The Bertz CT molecular complexity index is 1010. The van der Waals surface area contributed by atoms with E-state index in [1.54, 1.807) is 37.3 Å². The lowest BCUT2D eigenvalue weighted by Crippen LogP contribution is -2.30. The first-order valence-electron chi connectivity index (χ1n) is 8.77. The van der Waals surface area contributed by atoms with Gasteiger partial charge in [-0.3, -0.25) is 4.79 Å². The van der Waals surface area contributed by atoms with Crippen molar-refractivity contribution in [3.63, 3.8) is 0 Å². The minimum absolute atomic E-state index is 0.410. The van der Waals surface area contributed by atoms with Crippen molar-refractivity contribution in [3.8, 4) is 11.4 Å². The van der Waals surface area contributed by atoms with E-state index in [0.29, 0.717) is 22.1 Å². The second-order valence-electron chi connectivity index (χ2n) is 6.23. The van der Waals surface area contributed by atoms with Crippen molar-refractivity contribution in [1.29, 1.82) is 0 Å². The SMILES string of the molecule is Cc1cccc(O[C@@H](C)C(=O)OCC(=O)Nc2cc(Cl)ccc2-n2cncn2)c1. The van der Waals surface area contributed by atoms with Crippen LogP contribution in [0.4, 0.5) is 5.69 Å². The Morgan fingerprint density at radius 3 is 2.79 bits per heavy atom. The van der Waals surface area contributed by atoms with Crippen molar-refractivity contribution in [2.75, 3.05) is 11.9 Å². The maximum Gasteiger partial charge on any atom is 0.347 e. The van der Waals surface area contributed by atoms with E-state index in [0.717, 1.165) is 5.56 Å². The summed E-state index contributed by atoms with van der Waals surface area (Å²) >= 11 is 6.02. The molecule has 1 atom stereocenters. The summed E-state index contributed by atoms with van der Waals surface area (Å²) in [4.78, 5) is 28.3. The van der Waals surface area contributed by atoms with Gasteiger partial charge >= 0.3 is 5.97 Å². The fourth-order valence-corrected chi connectivity index (χ4v) is 2.69. The minimum Gasteiger partial charge on any atom is -0.479 e. The van der Waals surface area contributed by atoms with Gasteiger partial charge in [-0.25, -0.2) is 14.5 Å². The molecule has 0 aliphatic heterocycles. The van der Waals surface area contributed by atoms with Crippen LogP contribution in [0.3, 0.4) is 0 Å². The van der Waals surface area contributed by atoms with E-state index >= 15 is 0 Å². The molecule has 0 spiro atoms. The molecule has 1 heterocycles. The molecule has 1 N–H and O–H groups in total. The topological polar surface area (TPSA) is 95.3 Å². The molecule has 0 radical (unpaired) electrons. The molecular weight excluding hydrogens is 396 g/mol. The van der Waals surface area contributed by atoms with E-state index in [9.17, 15) is 9.59 Å². The molecule has 2 aromatic carbocycles. The van der Waals surface area contributed by atoms with Crippen LogP contribution in [0, 0.1) is 6.92 Å². The molecule has 0 unspecified atom stereocenters. The molecule has 0 saturated heterocycles. The number of nitrogens with zero attached hydrogens (tertiary/aromatic N) is 3. The molecule has 0 aliphatic rings. The van der Waals surface area contributed by atoms with E-state index in [-0.39, 0.29) is 0 Å². The molecule has 1 aromatic heterocycles. The Morgan fingerprint density at radius 2 is 2.07 bits per heavy atom. The summed E-state index contributed by atoms with van der Waals surface area (Å²) in [6, 6.07) is 12.2. The summed E-state index contributed by atoms with van der Waals surface area (Å²) in [6.07, 6.45) is 2.00. The standard InChI is InChI=1S/C20H19ClN4O4/c1-13-4-3-5-16(8-13)29-14(2)20(27)28-10-19(26)24-17-9-15(21)6-7-18(17)25-12-22-11-23-25/h3-9,11-12,14H,10H2,1-2H3,(H,24,26)/t14-/m0/s1. The molecule has 0 bridgehead atoms. The summed E-state index contributed by atoms with van der Waals surface area (Å²) in [6.45, 7) is 3.01. The second-order valence-corrected chi connectivity index (χ2v) is 6.67. The van der Waals surface area contributed by atoms with Crippen molar-refractivity contribution in [2.24, 2.45) is 0 Å². The van der Waals surface area contributed by atoms with Crippen LogP contribution in [0.25, 0.3) is 5.69 Å². The van der Waals surface area contributed by atoms with E-state index in [1.165, 1.54) is 17.3 Å². The van der Waals surface area contributed by atoms with Gasteiger partial charge in [0.1, 0.15) is 18.4 Å². The van der Waals surface area contributed by atoms with Crippen LogP contribution < -0.4 is 10.1 Å². The maximum absolute atomic E-state index is 12.3. The third-order valence-corrected chi connectivity index (χ3v) is 4.11. The van der Waals surface area contributed by atoms with Crippen LogP contribution >= 0.6 is 11.6 Å². The van der Waals surface area contributed by atoms with Gasteiger partial charge in [0.15, 0.2) is 12.7 Å². The molecule has 3 rings (SSSR count). The number of aromatic nitrogens is 3. The average Bonchev–Trinajstić information content (AvgIpc) is 3.20. The van der Waals surface area contributed by atoms with Gasteiger partial charge in [0.25, 0.3) is 5.91 Å². The molecular formula is C20H19ClN4O4. The van der Waals surface area contributed by atoms with Crippen LogP contribution in [0.15, 0.2) is 55.1 Å². The van der Waals surface area contributed by atoms with Crippen LogP contribution in [0.1, 0.15) is 12.5 Å². The first kappa shape index (κ1) is 20.3. The summed E-state index contributed by atoms with van der Waals surface area (Å²) in [7, 11) is 0. The largest absolute Gasteiger partial charge is 0.479 e. The van der Waals surface area contributed by atoms with Crippen molar-refractivity contribution >= 4 is 29.2 Å². The number of halogens is 1. The van der Waals surface area contributed by atoms with Gasteiger partial charge < -0.3 is 14.8 Å². The highest BCUT2D eigenvalue weighted by molar-refractivity contribution is 6.31. The fraction of sp³-hybridized carbons (Fsp3) is 0.200. The highest BCUT2D eigenvalue weighted by Gasteiger charge is 2.18. The number of amides is 1. The number of benzene rings is 2. The lowest BCUT2D eigenvalue weighted by atomic mass is 10.2. The quantitative estimate of drug-likeness (QED) is 0.596. The van der Waals surface area contributed by atoms with Gasteiger partial charge in [-0.05, 0) is 49.7 Å². The fourth-order valence-electron chi connectivity index (χ4n) is 2.52. The zero-order valence-corrected chi connectivity index (χ0v) is 16.6. The molecule has 29 heavy (non-hydrogen) atoms. The zero-order valence-electron chi connectivity index (χ0n) is 15.8. The van der Waals surface area contributed by atoms with Crippen molar-refractivity contribution in [2.45, 2.75) is 20.0 Å². The molecule has 3 aromatic rings. The summed E-state index contributed by atoms with van der Waals surface area (Å²) < 4.78 is 12.1. The number of hydrogen-bond donors (Lipinski definition) is 1. The Morgan fingerprint density at radius 1 is 1.24 bits per heavy atom. The normalized spacial score (nSPS) is 11.6. The number of hydrogen-bond acceptors (Lipinski definition) is 6. The Kier molecular flexibility index (Phi) is 6.46. The van der Waals surface area contributed by atoms with Crippen molar-refractivity contribution in [1.82, 2.24) is 14.8 Å². The molecule has 8 nitrogen and oxygen atoms in total.